The summed E-state index contributed by atoms with van der Waals surface area (Å²) in [5.41, 5.74) is 13.0. The van der Waals surface area contributed by atoms with Gasteiger partial charge in [-0.05, 0) is 85.3 Å². The summed E-state index contributed by atoms with van der Waals surface area (Å²) < 4.78 is 16.8. The molecular weight excluding hydrogens is 543 g/mol. The van der Waals surface area contributed by atoms with Crippen LogP contribution in [-0.2, 0) is 17.6 Å². The normalized spacial score (nSPS) is 11.8. The van der Waals surface area contributed by atoms with Crippen LogP contribution < -0.4 is 15.2 Å². The Morgan fingerprint density at radius 2 is 1.57 bits per heavy atom. The number of aryl methyl sites for hydroxylation is 2. The number of rotatable bonds is 14. The van der Waals surface area contributed by atoms with Crippen molar-refractivity contribution in [2.24, 2.45) is 5.73 Å². The highest BCUT2D eigenvalue weighted by molar-refractivity contribution is 6.37. The SMILES string of the molecule is COCCCc1cccnc1-c1ccc(C(CN)Cc2ccc(OCCOc3c(Cl)cc(C)cc3Cl)cc2)cc1. The van der Waals surface area contributed by atoms with Crippen LogP contribution in [0.15, 0.2) is 79.0 Å². The van der Waals surface area contributed by atoms with E-state index in [1.54, 1.807) is 7.11 Å². The van der Waals surface area contributed by atoms with Crippen molar-refractivity contribution in [3.05, 3.63) is 111 Å². The molecular formula is C33H36Cl2N2O3. The van der Waals surface area contributed by atoms with Crippen molar-refractivity contribution in [1.82, 2.24) is 4.98 Å². The van der Waals surface area contributed by atoms with Gasteiger partial charge in [0.05, 0.1) is 15.7 Å². The minimum Gasteiger partial charge on any atom is -0.490 e. The van der Waals surface area contributed by atoms with E-state index in [1.165, 1.54) is 16.7 Å². The average molecular weight is 580 g/mol. The Kier molecular flexibility index (Phi) is 11.2. The third-order valence-electron chi connectivity index (χ3n) is 6.77. The first kappa shape index (κ1) is 29.9. The zero-order chi connectivity index (χ0) is 28.3. The van der Waals surface area contributed by atoms with Crippen molar-refractivity contribution in [1.29, 1.82) is 0 Å². The Morgan fingerprint density at radius 1 is 0.875 bits per heavy atom. The van der Waals surface area contributed by atoms with Crippen LogP contribution in [0.25, 0.3) is 11.3 Å². The second-order valence-electron chi connectivity index (χ2n) is 9.76. The molecule has 0 aliphatic heterocycles. The standard InChI is InChI=1S/C33H36Cl2N2O3/c1-23-19-30(34)33(31(35)20-23)40-18-17-39-29-13-7-24(8-14-29)21-28(22-36)25-9-11-27(12-10-25)32-26(5-3-15-37-32)6-4-16-38-2/h3,5,7-15,19-20,28H,4,6,16-18,21-22,36H2,1-2H3. The molecule has 0 amide bonds. The zero-order valence-corrected chi connectivity index (χ0v) is 24.5. The summed E-state index contributed by atoms with van der Waals surface area (Å²) in [7, 11) is 1.73. The molecule has 0 fully saturated rings. The minimum atomic E-state index is 0.211. The molecule has 0 aliphatic rings. The fraction of sp³-hybridized carbons (Fsp3) is 0.303. The molecule has 210 valence electrons. The second kappa shape index (κ2) is 15.1. The van der Waals surface area contributed by atoms with E-state index in [2.05, 4.69) is 47.4 Å². The molecule has 1 aromatic heterocycles. The second-order valence-corrected chi connectivity index (χ2v) is 10.6. The monoisotopic (exact) mass is 578 g/mol. The number of hydrogen-bond donors (Lipinski definition) is 1. The summed E-state index contributed by atoms with van der Waals surface area (Å²) in [6.07, 6.45) is 4.60. The Hall–Kier alpha value is -3.09. The molecule has 0 aliphatic carbocycles. The van der Waals surface area contributed by atoms with E-state index in [0.29, 0.717) is 35.6 Å². The lowest BCUT2D eigenvalue weighted by molar-refractivity contribution is 0.195. The van der Waals surface area contributed by atoms with Crippen LogP contribution >= 0.6 is 23.2 Å². The van der Waals surface area contributed by atoms with Gasteiger partial charge in [0.15, 0.2) is 5.75 Å². The van der Waals surface area contributed by atoms with Gasteiger partial charge in [0, 0.05) is 31.4 Å². The van der Waals surface area contributed by atoms with Gasteiger partial charge < -0.3 is 19.9 Å². The quantitative estimate of drug-likeness (QED) is 0.155. The largest absolute Gasteiger partial charge is 0.490 e. The fourth-order valence-electron chi connectivity index (χ4n) is 4.69. The van der Waals surface area contributed by atoms with Gasteiger partial charge in [-0.3, -0.25) is 4.98 Å². The highest BCUT2D eigenvalue weighted by Gasteiger charge is 2.13. The van der Waals surface area contributed by atoms with Crippen LogP contribution in [0.2, 0.25) is 10.0 Å². The topological polar surface area (TPSA) is 66.6 Å². The molecule has 5 nitrogen and oxygen atoms in total. The van der Waals surface area contributed by atoms with Gasteiger partial charge >= 0.3 is 0 Å². The Balaban J connectivity index is 1.31. The summed E-state index contributed by atoms with van der Waals surface area (Å²) >= 11 is 12.5. The van der Waals surface area contributed by atoms with Gasteiger partial charge in [-0.15, -0.1) is 0 Å². The molecule has 0 spiro atoms. The van der Waals surface area contributed by atoms with Gasteiger partial charge in [0.1, 0.15) is 19.0 Å². The third-order valence-corrected chi connectivity index (χ3v) is 7.33. The highest BCUT2D eigenvalue weighted by atomic mass is 35.5. The number of nitrogens with zero attached hydrogens (tertiary/aromatic N) is 1. The lowest BCUT2D eigenvalue weighted by Gasteiger charge is -2.17. The lowest BCUT2D eigenvalue weighted by atomic mass is 9.90. The van der Waals surface area contributed by atoms with Crippen molar-refractivity contribution in [2.75, 3.05) is 33.5 Å². The molecule has 1 unspecified atom stereocenters. The first-order valence-corrected chi connectivity index (χ1v) is 14.3. The maximum atomic E-state index is 6.24. The Labute approximate surface area is 247 Å². The van der Waals surface area contributed by atoms with Crippen LogP contribution in [-0.4, -0.2) is 38.5 Å². The maximum Gasteiger partial charge on any atom is 0.156 e. The summed E-state index contributed by atoms with van der Waals surface area (Å²) in [6, 6.07) is 24.6. The van der Waals surface area contributed by atoms with E-state index >= 15 is 0 Å². The molecule has 4 aromatic rings. The average Bonchev–Trinajstić information content (AvgIpc) is 2.96. The van der Waals surface area contributed by atoms with Crippen LogP contribution in [0.3, 0.4) is 0 Å². The van der Waals surface area contributed by atoms with Gasteiger partial charge in [-0.1, -0.05) is 65.7 Å². The van der Waals surface area contributed by atoms with Crippen molar-refractivity contribution < 1.29 is 14.2 Å². The van der Waals surface area contributed by atoms with Crippen LogP contribution in [0, 0.1) is 6.92 Å². The van der Waals surface area contributed by atoms with E-state index in [1.807, 2.05) is 43.5 Å². The van der Waals surface area contributed by atoms with E-state index in [4.69, 9.17) is 43.1 Å². The molecule has 0 saturated heterocycles. The number of halogens is 2. The Morgan fingerprint density at radius 3 is 2.25 bits per heavy atom. The van der Waals surface area contributed by atoms with Gasteiger partial charge in [-0.2, -0.15) is 0 Å². The van der Waals surface area contributed by atoms with Gasteiger partial charge in [-0.25, -0.2) is 0 Å². The van der Waals surface area contributed by atoms with E-state index in [0.717, 1.165) is 48.4 Å². The number of pyridine rings is 1. The molecule has 0 radical (unpaired) electrons. The fourth-order valence-corrected chi connectivity index (χ4v) is 5.40. The molecule has 1 atom stereocenters. The lowest BCUT2D eigenvalue weighted by Crippen LogP contribution is -2.15. The van der Waals surface area contributed by atoms with Crippen LogP contribution in [0.4, 0.5) is 0 Å². The summed E-state index contributed by atoms with van der Waals surface area (Å²) in [6.45, 7) is 3.95. The van der Waals surface area contributed by atoms with Crippen molar-refractivity contribution in [3.63, 3.8) is 0 Å². The van der Waals surface area contributed by atoms with Crippen molar-refractivity contribution >= 4 is 23.2 Å². The molecule has 2 N–H and O–H groups in total. The molecule has 4 rings (SSSR count). The zero-order valence-electron chi connectivity index (χ0n) is 23.0. The predicted octanol–water partition coefficient (Wildman–Crippen LogP) is 7.69. The van der Waals surface area contributed by atoms with E-state index in [-0.39, 0.29) is 5.92 Å². The van der Waals surface area contributed by atoms with Crippen molar-refractivity contribution in [3.8, 4) is 22.8 Å². The minimum absolute atomic E-state index is 0.211. The summed E-state index contributed by atoms with van der Waals surface area (Å²) in [5, 5.41) is 0.996. The first-order valence-electron chi connectivity index (χ1n) is 13.5. The predicted molar refractivity (Wildman–Crippen MR) is 164 cm³/mol. The number of aromatic nitrogens is 1. The first-order chi connectivity index (χ1) is 19.5. The van der Waals surface area contributed by atoms with E-state index in [9.17, 15) is 0 Å². The van der Waals surface area contributed by atoms with Crippen LogP contribution in [0.5, 0.6) is 11.5 Å². The highest BCUT2D eigenvalue weighted by Crippen LogP contribution is 2.34. The molecule has 0 saturated carbocycles. The smallest absolute Gasteiger partial charge is 0.156 e. The number of benzene rings is 3. The molecule has 3 aromatic carbocycles. The maximum absolute atomic E-state index is 6.24. The molecule has 0 bridgehead atoms. The van der Waals surface area contributed by atoms with E-state index < -0.39 is 0 Å². The number of ether oxygens (including phenoxy) is 3. The van der Waals surface area contributed by atoms with Gasteiger partial charge in [0.2, 0.25) is 0 Å². The third kappa shape index (κ3) is 8.21. The van der Waals surface area contributed by atoms with Gasteiger partial charge in [0.25, 0.3) is 0 Å². The molecule has 1 heterocycles. The summed E-state index contributed by atoms with van der Waals surface area (Å²) in [4.78, 5) is 4.65. The molecule has 40 heavy (non-hydrogen) atoms. The molecule has 7 heteroatoms. The van der Waals surface area contributed by atoms with Crippen LogP contribution in [0.1, 0.15) is 34.6 Å². The Bertz CT molecular complexity index is 1340. The number of nitrogens with two attached hydrogens (primary N) is 1. The number of methoxy groups -OCH3 is 1. The number of hydrogen-bond acceptors (Lipinski definition) is 5. The van der Waals surface area contributed by atoms with Crippen molar-refractivity contribution in [2.45, 2.75) is 32.1 Å². The summed E-state index contributed by atoms with van der Waals surface area (Å²) in [5.74, 6) is 1.47.